The van der Waals surface area contributed by atoms with Crippen molar-refractivity contribution in [2.45, 2.75) is 31.6 Å². The summed E-state index contributed by atoms with van der Waals surface area (Å²) >= 11 is 2.08. The highest BCUT2D eigenvalue weighted by molar-refractivity contribution is 8.00. The van der Waals surface area contributed by atoms with Crippen molar-refractivity contribution in [2.24, 2.45) is 0 Å². The molecule has 0 aromatic heterocycles. The molecule has 1 aromatic rings. The van der Waals surface area contributed by atoms with Crippen molar-refractivity contribution in [3.8, 4) is 11.8 Å². The summed E-state index contributed by atoms with van der Waals surface area (Å²) in [5, 5.41) is 8.69. The number of hydrogen-bond donors (Lipinski definition) is 1. The maximum absolute atomic E-state index is 8.69. The van der Waals surface area contributed by atoms with Gasteiger partial charge in [0.2, 0.25) is 0 Å². The average molecular weight is 289 g/mol. The highest BCUT2D eigenvalue weighted by Gasteiger charge is 2.23. The van der Waals surface area contributed by atoms with Crippen LogP contribution in [0.2, 0.25) is 0 Å². The largest absolute Gasteiger partial charge is 0.384 e. The summed E-state index contributed by atoms with van der Waals surface area (Å²) in [5.41, 5.74) is 2.31. The second-order valence-electron chi connectivity index (χ2n) is 5.79. The van der Waals surface area contributed by atoms with E-state index in [0.717, 1.165) is 12.1 Å². The predicted molar refractivity (Wildman–Crippen MR) is 86.8 cm³/mol. The molecule has 0 atom stereocenters. The molecule has 0 unspecified atom stereocenters. The van der Waals surface area contributed by atoms with Crippen molar-refractivity contribution in [3.63, 3.8) is 0 Å². The Morgan fingerprint density at radius 3 is 2.70 bits per heavy atom. The third-order valence-corrected chi connectivity index (χ3v) is 4.97. The van der Waals surface area contributed by atoms with Gasteiger partial charge >= 0.3 is 0 Å². The van der Waals surface area contributed by atoms with Crippen LogP contribution in [0.15, 0.2) is 24.3 Å². The van der Waals surface area contributed by atoms with Gasteiger partial charge in [0.25, 0.3) is 0 Å². The maximum Gasteiger partial charge on any atom is 0.104 e. The molecule has 0 spiro atoms. The van der Waals surface area contributed by atoms with Gasteiger partial charge in [0, 0.05) is 29.2 Å². The van der Waals surface area contributed by atoms with Crippen LogP contribution in [0.5, 0.6) is 0 Å². The number of aliphatic hydroxyl groups excluding tert-OH is 1. The van der Waals surface area contributed by atoms with Crippen molar-refractivity contribution in [2.75, 3.05) is 25.4 Å². The quantitative estimate of drug-likeness (QED) is 0.847. The lowest BCUT2D eigenvalue weighted by Gasteiger charge is -2.22. The zero-order valence-electron chi connectivity index (χ0n) is 12.4. The van der Waals surface area contributed by atoms with E-state index in [0.29, 0.717) is 4.75 Å². The molecule has 1 N–H and O–H groups in total. The first-order valence-electron chi connectivity index (χ1n) is 7.14. The lowest BCUT2D eigenvalue weighted by Crippen LogP contribution is -2.26. The van der Waals surface area contributed by atoms with Crippen LogP contribution in [0.25, 0.3) is 0 Å². The standard InChI is InChI=1S/C17H23NOS/c1-17(2)9-10-18(11-13-20-17)14-16-7-5-15(6-8-16)4-3-12-19/h5-8,19H,9-14H2,1-2H3. The molecule has 1 heterocycles. The molecule has 108 valence electrons. The van der Waals surface area contributed by atoms with E-state index < -0.39 is 0 Å². The van der Waals surface area contributed by atoms with Crippen LogP contribution in [0, 0.1) is 11.8 Å². The van der Waals surface area contributed by atoms with Gasteiger partial charge in [-0.05, 0) is 30.7 Å². The lowest BCUT2D eigenvalue weighted by atomic mass is 10.1. The first-order chi connectivity index (χ1) is 9.59. The Hall–Kier alpha value is -0.950. The van der Waals surface area contributed by atoms with Crippen molar-refractivity contribution in [1.82, 2.24) is 4.90 Å². The van der Waals surface area contributed by atoms with Gasteiger partial charge in [-0.1, -0.05) is 37.8 Å². The predicted octanol–water partition coefficient (Wildman–Crippen LogP) is 2.75. The van der Waals surface area contributed by atoms with E-state index in [9.17, 15) is 0 Å². The average Bonchev–Trinajstić information content (AvgIpc) is 2.59. The second-order valence-corrected chi connectivity index (χ2v) is 7.59. The molecule has 0 saturated carbocycles. The molecular weight excluding hydrogens is 266 g/mol. The van der Waals surface area contributed by atoms with Crippen LogP contribution in [0.1, 0.15) is 31.4 Å². The van der Waals surface area contributed by atoms with Crippen LogP contribution in [-0.4, -0.2) is 40.2 Å². The lowest BCUT2D eigenvalue weighted by molar-refractivity contribution is 0.276. The van der Waals surface area contributed by atoms with Crippen molar-refractivity contribution in [1.29, 1.82) is 0 Å². The number of hydrogen-bond acceptors (Lipinski definition) is 3. The Morgan fingerprint density at radius 2 is 2.00 bits per heavy atom. The molecule has 3 heteroatoms. The Morgan fingerprint density at radius 1 is 1.25 bits per heavy atom. The third kappa shape index (κ3) is 4.86. The summed E-state index contributed by atoms with van der Waals surface area (Å²) in [5.74, 6) is 6.82. The zero-order chi connectivity index (χ0) is 14.4. The van der Waals surface area contributed by atoms with E-state index in [1.54, 1.807) is 0 Å². The summed E-state index contributed by atoms with van der Waals surface area (Å²) in [6.45, 7) is 7.96. The van der Waals surface area contributed by atoms with Crippen molar-refractivity contribution in [3.05, 3.63) is 35.4 Å². The normalized spacial score (nSPS) is 18.9. The molecule has 2 rings (SSSR count). The first-order valence-corrected chi connectivity index (χ1v) is 8.13. The third-order valence-electron chi connectivity index (χ3n) is 3.60. The molecular formula is C17H23NOS. The van der Waals surface area contributed by atoms with Crippen LogP contribution in [-0.2, 0) is 6.54 Å². The molecule has 1 aliphatic heterocycles. The monoisotopic (exact) mass is 289 g/mol. The molecule has 20 heavy (non-hydrogen) atoms. The Kier molecular flexibility index (Phi) is 5.54. The number of thioether (sulfide) groups is 1. The first kappa shape index (κ1) is 15.4. The maximum atomic E-state index is 8.69. The summed E-state index contributed by atoms with van der Waals surface area (Å²) < 4.78 is 0.415. The smallest absolute Gasteiger partial charge is 0.104 e. The van der Waals surface area contributed by atoms with E-state index in [-0.39, 0.29) is 6.61 Å². The number of benzene rings is 1. The number of rotatable bonds is 2. The van der Waals surface area contributed by atoms with Gasteiger partial charge in [-0.25, -0.2) is 0 Å². The minimum Gasteiger partial charge on any atom is -0.384 e. The van der Waals surface area contributed by atoms with Gasteiger partial charge in [-0.3, -0.25) is 4.90 Å². The molecule has 1 saturated heterocycles. The fourth-order valence-electron chi connectivity index (χ4n) is 2.31. The van der Waals surface area contributed by atoms with Gasteiger partial charge < -0.3 is 5.11 Å². The van der Waals surface area contributed by atoms with Gasteiger partial charge in [0.1, 0.15) is 6.61 Å². The minimum atomic E-state index is -0.0804. The van der Waals surface area contributed by atoms with E-state index in [2.05, 4.69) is 54.5 Å². The van der Waals surface area contributed by atoms with E-state index in [4.69, 9.17) is 5.11 Å². The van der Waals surface area contributed by atoms with Crippen LogP contribution in [0.4, 0.5) is 0 Å². The molecule has 0 bridgehead atoms. The van der Waals surface area contributed by atoms with Gasteiger partial charge in [0.05, 0.1) is 0 Å². The summed E-state index contributed by atoms with van der Waals surface area (Å²) in [4.78, 5) is 2.54. The molecule has 0 amide bonds. The van der Waals surface area contributed by atoms with Gasteiger partial charge in [0.15, 0.2) is 0 Å². The Balaban J connectivity index is 1.93. The topological polar surface area (TPSA) is 23.5 Å². The molecule has 0 radical (unpaired) electrons. The number of nitrogens with zero attached hydrogens (tertiary/aromatic N) is 1. The molecule has 1 aromatic carbocycles. The van der Waals surface area contributed by atoms with Gasteiger partial charge in [-0.15, -0.1) is 0 Å². The Labute approximate surface area is 126 Å². The van der Waals surface area contributed by atoms with Crippen molar-refractivity contribution >= 4 is 11.8 Å². The highest BCUT2D eigenvalue weighted by atomic mass is 32.2. The second kappa shape index (κ2) is 7.17. The van der Waals surface area contributed by atoms with Gasteiger partial charge in [-0.2, -0.15) is 11.8 Å². The molecule has 0 aliphatic carbocycles. The molecule has 1 aliphatic rings. The zero-order valence-corrected chi connectivity index (χ0v) is 13.2. The summed E-state index contributed by atoms with van der Waals surface area (Å²) in [7, 11) is 0. The molecule has 2 nitrogen and oxygen atoms in total. The highest BCUT2D eigenvalue weighted by Crippen LogP contribution is 2.31. The fraction of sp³-hybridized carbons (Fsp3) is 0.529. The SMILES string of the molecule is CC1(C)CCN(Cc2ccc(C#CCO)cc2)CCS1. The fourth-order valence-corrected chi connectivity index (χ4v) is 3.45. The van der Waals surface area contributed by atoms with Crippen LogP contribution < -0.4 is 0 Å². The van der Waals surface area contributed by atoms with E-state index in [1.165, 1.54) is 30.8 Å². The minimum absolute atomic E-state index is 0.0804. The number of aliphatic hydroxyl groups is 1. The van der Waals surface area contributed by atoms with E-state index >= 15 is 0 Å². The van der Waals surface area contributed by atoms with Crippen LogP contribution in [0.3, 0.4) is 0 Å². The van der Waals surface area contributed by atoms with Crippen LogP contribution >= 0.6 is 11.8 Å². The summed E-state index contributed by atoms with van der Waals surface area (Å²) in [6, 6.07) is 8.36. The molecule has 1 fully saturated rings. The Bertz CT molecular complexity index is 484. The van der Waals surface area contributed by atoms with E-state index in [1.807, 2.05) is 12.1 Å². The summed E-state index contributed by atoms with van der Waals surface area (Å²) in [6.07, 6.45) is 1.25. The van der Waals surface area contributed by atoms with Crippen molar-refractivity contribution < 1.29 is 5.11 Å².